The van der Waals surface area contributed by atoms with Crippen LogP contribution in [0.4, 0.5) is 0 Å². The summed E-state index contributed by atoms with van der Waals surface area (Å²) in [6, 6.07) is 0. The summed E-state index contributed by atoms with van der Waals surface area (Å²) in [5.41, 5.74) is -0.0824. The number of halogens is 1. The third-order valence-electron chi connectivity index (χ3n) is 7.93. The monoisotopic (exact) mass is 427 g/mol. The molecule has 6 nitrogen and oxygen atoms in total. The first-order valence-electron chi connectivity index (χ1n) is 11.3. The Bertz CT molecular complexity index is 551. The average Bonchev–Trinajstić information content (AvgIpc) is 2.66. The molecule has 1 saturated heterocycles. The van der Waals surface area contributed by atoms with Crippen molar-refractivity contribution in [2.24, 2.45) is 28.6 Å². The predicted octanol–water partition coefficient (Wildman–Crippen LogP) is 2.26. The van der Waals surface area contributed by atoms with E-state index >= 15 is 0 Å². The number of ether oxygens (including phenoxy) is 1. The van der Waals surface area contributed by atoms with Crippen molar-refractivity contribution >= 4 is 24.2 Å². The summed E-state index contributed by atoms with van der Waals surface area (Å²) < 4.78 is 5.41. The van der Waals surface area contributed by atoms with Gasteiger partial charge in [0.1, 0.15) is 0 Å². The predicted molar refractivity (Wildman–Crippen MR) is 115 cm³/mol. The van der Waals surface area contributed by atoms with Crippen molar-refractivity contribution in [3.8, 4) is 0 Å². The maximum absolute atomic E-state index is 13.0. The van der Waals surface area contributed by atoms with Gasteiger partial charge in [0.15, 0.2) is 0 Å². The lowest BCUT2D eigenvalue weighted by atomic mass is 9.49. The second-order valence-corrected chi connectivity index (χ2v) is 10.2. The molecular formula is C22H38ClN3O3. The smallest absolute Gasteiger partial charge is 0.226 e. The Morgan fingerprint density at radius 1 is 1.00 bits per heavy atom. The van der Waals surface area contributed by atoms with Crippen LogP contribution in [0.15, 0.2) is 0 Å². The Labute approximate surface area is 181 Å². The van der Waals surface area contributed by atoms with E-state index in [4.69, 9.17) is 4.74 Å². The first-order valence-corrected chi connectivity index (χ1v) is 11.3. The number of hydrogen-bond acceptors (Lipinski definition) is 4. The first kappa shape index (κ1) is 22.8. The summed E-state index contributed by atoms with van der Waals surface area (Å²) >= 11 is 0. The van der Waals surface area contributed by atoms with Crippen LogP contribution >= 0.6 is 12.4 Å². The van der Waals surface area contributed by atoms with Crippen LogP contribution in [0.5, 0.6) is 0 Å². The molecule has 1 heterocycles. The molecule has 4 bridgehead atoms. The van der Waals surface area contributed by atoms with Gasteiger partial charge in [0.25, 0.3) is 0 Å². The highest BCUT2D eigenvalue weighted by Gasteiger charge is 2.54. The van der Waals surface area contributed by atoms with Gasteiger partial charge in [-0.05, 0) is 82.2 Å². The maximum atomic E-state index is 13.0. The van der Waals surface area contributed by atoms with Crippen LogP contribution in [0.1, 0.15) is 57.8 Å². The molecule has 3 N–H and O–H groups in total. The topological polar surface area (TPSA) is 79.5 Å². The van der Waals surface area contributed by atoms with Crippen molar-refractivity contribution in [3.63, 3.8) is 0 Å². The van der Waals surface area contributed by atoms with Crippen LogP contribution in [0.2, 0.25) is 0 Å². The normalized spacial score (nSPS) is 34.3. The summed E-state index contributed by atoms with van der Waals surface area (Å²) in [5, 5.41) is 9.57. The van der Waals surface area contributed by atoms with Crippen molar-refractivity contribution in [1.82, 2.24) is 16.0 Å². The van der Waals surface area contributed by atoms with Gasteiger partial charge in [0.2, 0.25) is 11.8 Å². The zero-order chi connectivity index (χ0) is 19.6. The summed E-state index contributed by atoms with van der Waals surface area (Å²) in [6.07, 6.45) is 9.64. The largest absolute Gasteiger partial charge is 0.384 e. The molecule has 5 fully saturated rings. The number of methoxy groups -OCH3 is 1. The molecule has 2 amide bonds. The van der Waals surface area contributed by atoms with Gasteiger partial charge in [0, 0.05) is 37.5 Å². The molecule has 4 aliphatic carbocycles. The molecule has 5 rings (SSSR count). The first-order chi connectivity index (χ1) is 13.5. The maximum Gasteiger partial charge on any atom is 0.226 e. The Hall–Kier alpha value is -0.850. The lowest BCUT2D eigenvalue weighted by molar-refractivity contribution is -0.146. The summed E-state index contributed by atoms with van der Waals surface area (Å²) in [5.74, 6) is 2.54. The van der Waals surface area contributed by atoms with Crippen LogP contribution in [0.25, 0.3) is 0 Å². The fourth-order valence-electron chi connectivity index (χ4n) is 6.88. The quantitative estimate of drug-likeness (QED) is 0.555. The number of amides is 2. The number of piperidine rings is 1. The second-order valence-electron chi connectivity index (χ2n) is 10.2. The third kappa shape index (κ3) is 5.08. The number of rotatable bonds is 8. The lowest BCUT2D eigenvalue weighted by Crippen LogP contribution is -2.54. The SMILES string of the molecule is COCC1(CNC(=O)CCNC(=O)C23CC4CC(CC(C4)C2)C3)CCNCC1.Cl. The molecule has 7 heteroatoms. The highest BCUT2D eigenvalue weighted by atomic mass is 35.5. The van der Waals surface area contributed by atoms with Gasteiger partial charge in [-0.2, -0.15) is 0 Å². The van der Waals surface area contributed by atoms with Crippen LogP contribution in [-0.2, 0) is 14.3 Å². The van der Waals surface area contributed by atoms with E-state index in [0.717, 1.165) is 62.9 Å². The Kier molecular flexibility index (Phi) is 7.50. The average molecular weight is 428 g/mol. The molecule has 0 spiro atoms. The molecule has 29 heavy (non-hydrogen) atoms. The highest BCUT2D eigenvalue weighted by Crippen LogP contribution is 2.60. The summed E-state index contributed by atoms with van der Waals surface area (Å²) in [6.45, 7) is 3.73. The number of carbonyl (C=O) groups excluding carboxylic acids is 2. The van der Waals surface area contributed by atoms with Gasteiger partial charge in [-0.3, -0.25) is 9.59 Å². The zero-order valence-corrected chi connectivity index (χ0v) is 18.6. The molecule has 166 valence electrons. The van der Waals surface area contributed by atoms with E-state index in [1.807, 2.05) is 0 Å². The van der Waals surface area contributed by atoms with Crippen molar-refractivity contribution < 1.29 is 14.3 Å². The molecule has 1 aliphatic heterocycles. The standard InChI is InChI=1S/C22H37N3O3.ClH/c1-28-15-21(3-6-23-7-4-21)14-25-19(26)2-5-24-20(27)22-11-16-8-17(12-22)10-18(9-16)13-22;/h16-18,23H,2-15H2,1H3,(H,24,27)(H,25,26);1H. The molecule has 4 saturated carbocycles. The molecule has 0 aromatic heterocycles. The minimum Gasteiger partial charge on any atom is -0.384 e. The van der Waals surface area contributed by atoms with E-state index in [0.29, 0.717) is 26.1 Å². The minimum absolute atomic E-state index is 0. The van der Waals surface area contributed by atoms with Gasteiger partial charge in [-0.25, -0.2) is 0 Å². The van der Waals surface area contributed by atoms with Crippen molar-refractivity contribution in [2.45, 2.75) is 57.8 Å². The molecule has 0 radical (unpaired) electrons. The second kappa shape index (κ2) is 9.52. The zero-order valence-electron chi connectivity index (χ0n) is 17.8. The molecule has 0 aromatic carbocycles. The summed E-state index contributed by atoms with van der Waals surface area (Å²) in [4.78, 5) is 25.3. The number of nitrogens with one attached hydrogen (secondary N) is 3. The van der Waals surface area contributed by atoms with Crippen molar-refractivity contribution in [1.29, 1.82) is 0 Å². The fourth-order valence-corrected chi connectivity index (χ4v) is 6.88. The third-order valence-corrected chi connectivity index (χ3v) is 7.93. The Balaban J connectivity index is 0.00000240. The van der Waals surface area contributed by atoms with Crippen molar-refractivity contribution in [2.75, 3.05) is 39.9 Å². The number of hydrogen-bond donors (Lipinski definition) is 3. The van der Waals surface area contributed by atoms with E-state index in [2.05, 4.69) is 16.0 Å². The van der Waals surface area contributed by atoms with E-state index < -0.39 is 0 Å². The lowest BCUT2D eigenvalue weighted by Gasteiger charge is -2.55. The molecular weight excluding hydrogens is 390 g/mol. The van der Waals surface area contributed by atoms with Gasteiger partial charge in [0.05, 0.1) is 6.61 Å². The minimum atomic E-state index is -0.122. The highest BCUT2D eigenvalue weighted by molar-refractivity contribution is 5.85. The van der Waals surface area contributed by atoms with Crippen LogP contribution < -0.4 is 16.0 Å². The number of carbonyl (C=O) groups is 2. The van der Waals surface area contributed by atoms with Crippen LogP contribution in [0, 0.1) is 28.6 Å². The van der Waals surface area contributed by atoms with Gasteiger partial charge >= 0.3 is 0 Å². The van der Waals surface area contributed by atoms with Crippen molar-refractivity contribution in [3.05, 3.63) is 0 Å². The van der Waals surface area contributed by atoms with Crippen LogP contribution in [0.3, 0.4) is 0 Å². The van der Waals surface area contributed by atoms with E-state index in [1.54, 1.807) is 7.11 Å². The van der Waals surface area contributed by atoms with E-state index in [1.165, 1.54) is 19.3 Å². The fraction of sp³-hybridized carbons (Fsp3) is 0.909. The Morgan fingerprint density at radius 3 is 2.14 bits per heavy atom. The Morgan fingerprint density at radius 2 is 1.59 bits per heavy atom. The van der Waals surface area contributed by atoms with Gasteiger partial charge in [-0.15, -0.1) is 12.4 Å². The summed E-state index contributed by atoms with van der Waals surface area (Å²) in [7, 11) is 1.73. The van der Waals surface area contributed by atoms with Gasteiger partial charge in [-0.1, -0.05) is 0 Å². The molecule has 5 aliphatic rings. The van der Waals surface area contributed by atoms with Crippen LogP contribution in [-0.4, -0.2) is 51.7 Å². The molecule has 0 atom stereocenters. The molecule has 0 aromatic rings. The van der Waals surface area contributed by atoms with E-state index in [-0.39, 0.29) is 35.1 Å². The van der Waals surface area contributed by atoms with Gasteiger partial charge < -0.3 is 20.7 Å². The van der Waals surface area contributed by atoms with E-state index in [9.17, 15) is 9.59 Å². The molecule has 0 unspecified atom stereocenters.